The lowest BCUT2D eigenvalue weighted by atomic mass is 10.0. The van der Waals surface area contributed by atoms with Crippen molar-refractivity contribution in [3.8, 4) is 0 Å². The molecule has 0 aliphatic carbocycles. The van der Waals surface area contributed by atoms with E-state index in [1.165, 1.54) is 6.07 Å². The Kier molecular flexibility index (Phi) is 4.52. The number of nitrogens with zero attached hydrogens (tertiary/aromatic N) is 1. The summed E-state index contributed by atoms with van der Waals surface area (Å²) in [6, 6.07) is 11.1. The molecule has 0 aromatic heterocycles. The van der Waals surface area contributed by atoms with Crippen molar-refractivity contribution in [3.05, 3.63) is 65.7 Å². The lowest BCUT2D eigenvalue weighted by Gasteiger charge is -2.30. The van der Waals surface area contributed by atoms with Crippen LogP contribution >= 0.6 is 0 Å². The van der Waals surface area contributed by atoms with E-state index in [0.29, 0.717) is 12.2 Å². The number of hydrogen-bond donors (Lipinski definition) is 1. The predicted octanol–water partition coefficient (Wildman–Crippen LogP) is 3.62. The zero-order valence-electron chi connectivity index (χ0n) is 11.5. The van der Waals surface area contributed by atoms with Gasteiger partial charge in [0.15, 0.2) is 17.7 Å². The molecule has 3 nitrogen and oxygen atoms in total. The van der Waals surface area contributed by atoms with Crippen LogP contribution in [-0.4, -0.2) is 17.6 Å². The maximum absolute atomic E-state index is 13.4. The van der Waals surface area contributed by atoms with Crippen LogP contribution in [0, 0.1) is 11.6 Å². The van der Waals surface area contributed by atoms with Crippen molar-refractivity contribution < 1.29 is 18.7 Å². The summed E-state index contributed by atoms with van der Waals surface area (Å²) in [5.41, 5.74) is 0.907. The van der Waals surface area contributed by atoms with E-state index in [4.69, 9.17) is 0 Å². The van der Waals surface area contributed by atoms with Gasteiger partial charge < -0.3 is 10.0 Å². The van der Waals surface area contributed by atoms with Gasteiger partial charge in [-0.15, -0.1) is 0 Å². The summed E-state index contributed by atoms with van der Waals surface area (Å²) >= 11 is 0. The molecule has 110 valence electrons. The van der Waals surface area contributed by atoms with E-state index in [0.717, 1.165) is 12.1 Å². The SMILES string of the molecule is CCN(c1ccccc1)C(C(=O)O)c1ccc(F)c(F)c1. The van der Waals surface area contributed by atoms with Crippen molar-refractivity contribution in [3.63, 3.8) is 0 Å². The maximum Gasteiger partial charge on any atom is 0.331 e. The van der Waals surface area contributed by atoms with E-state index < -0.39 is 23.6 Å². The van der Waals surface area contributed by atoms with E-state index in [9.17, 15) is 18.7 Å². The summed E-state index contributed by atoms with van der Waals surface area (Å²) in [5.74, 6) is -3.17. The van der Waals surface area contributed by atoms with Crippen molar-refractivity contribution >= 4 is 11.7 Å². The van der Waals surface area contributed by atoms with E-state index >= 15 is 0 Å². The second-order valence-corrected chi connectivity index (χ2v) is 4.54. The van der Waals surface area contributed by atoms with E-state index in [2.05, 4.69) is 0 Å². The third kappa shape index (κ3) is 3.18. The molecule has 0 amide bonds. The number of para-hydroxylation sites is 1. The highest BCUT2D eigenvalue weighted by atomic mass is 19.2. The number of likely N-dealkylation sites (N-methyl/N-ethyl adjacent to an activating group) is 1. The van der Waals surface area contributed by atoms with Gasteiger partial charge in [0.1, 0.15) is 0 Å². The highest BCUT2D eigenvalue weighted by Gasteiger charge is 2.27. The molecule has 1 atom stereocenters. The quantitative estimate of drug-likeness (QED) is 0.914. The van der Waals surface area contributed by atoms with E-state index in [-0.39, 0.29) is 5.56 Å². The van der Waals surface area contributed by atoms with Gasteiger partial charge in [0.2, 0.25) is 0 Å². The molecule has 0 bridgehead atoms. The molecule has 1 unspecified atom stereocenters. The zero-order chi connectivity index (χ0) is 15.4. The van der Waals surface area contributed by atoms with Crippen LogP contribution in [0.4, 0.5) is 14.5 Å². The number of halogens is 2. The minimum Gasteiger partial charge on any atom is -0.479 e. The monoisotopic (exact) mass is 291 g/mol. The van der Waals surface area contributed by atoms with Crippen molar-refractivity contribution in [1.29, 1.82) is 0 Å². The fourth-order valence-electron chi connectivity index (χ4n) is 2.27. The first-order chi connectivity index (χ1) is 10.0. The average Bonchev–Trinajstić information content (AvgIpc) is 2.48. The first-order valence-electron chi connectivity index (χ1n) is 6.54. The number of anilines is 1. The minimum absolute atomic E-state index is 0.201. The molecule has 0 spiro atoms. The van der Waals surface area contributed by atoms with Crippen LogP contribution in [0.3, 0.4) is 0 Å². The molecule has 2 rings (SSSR count). The summed E-state index contributed by atoms with van der Waals surface area (Å²) in [4.78, 5) is 13.2. The van der Waals surface area contributed by atoms with Crippen LogP contribution in [0.5, 0.6) is 0 Å². The van der Waals surface area contributed by atoms with Crippen LogP contribution in [0.1, 0.15) is 18.5 Å². The summed E-state index contributed by atoms with van der Waals surface area (Å²) in [6.07, 6.45) is 0. The second-order valence-electron chi connectivity index (χ2n) is 4.54. The van der Waals surface area contributed by atoms with Crippen molar-refractivity contribution in [2.75, 3.05) is 11.4 Å². The molecule has 0 fully saturated rings. The molecule has 1 N–H and O–H groups in total. The molecular formula is C16H15F2NO2. The fraction of sp³-hybridized carbons (Fsp3) is 0.188. The molecule has 0 radical (unpaired) electrons. The number of carboxylic acid groups (broad SMARTS) is 1. The molecule has 0 aliphatic rings. The Morgan fingerprint density at radius 3 is 2.33 bits per heavy atom. The van der Waals surface area contributed by atoms with Gasteiger partial charge in [0.25, 0.3) is 0 Å². The first-order valence-corrected chi connectivity index (χ1v) is 6.54. The Morgan fingerprint density at radius 1 is 1.14 bits per heavy atom. The summed E-state index contributed by atoms with van der Waals surface area (Å²) in [5, 5.41) is 9.49. The molecule has 0 saturated heterocycles. The molecular weight excluding hydrogens is 276 g/mol. The first kappa shape index (κ1) is 15.0. The van der Waals surface area contributed by atoms with Gasteiger partial charge in [-0.05, 0) is 36.8 Å². The van der Waals surface area contributed by atoms with E-state index in [1.807, 2.05) is 13.0 Å². The number of aliphatic carboxylic acids is 1. The lowest BCUT2D eigenvalue weighted by Crippen LogP contribution is -2.34. The number of carboxylic acids is 1. The molecule has 2 aromatic rings. The Bertz CT molecular complexity index is 631. The Balaban J connectivity index is 2.46. The minimum atomic E-state index is -1.12. The molecule has 21 heavy (non-hydrogen) atoms. The Labute approximate surface area is 121 Å². The average molecular weight is 291 g/mol. The van der Waals surface area contributed by atoms with Gasteiger partial charge >= 0.3 is 5.97 Å². The van der Waals surface area contributed by atoms with Gasteiger partial charge in [-0.1, -0.05) is 24.3 Å². The summed E-state index contributed by atoms with van der Waals surface area (Å²) < 4.78 is 26.4. The van der Waals surface area contributed by atoms with Gasteiger partial charge in [-0.25, -0.2) is 13.6 Å². The topological polar surface area (TPSA) is 40.5 Å². The summed E-state index contributed by atoms with van der Waals surface area (Å²) in [7, 11) is 0. The third-order valence-electron chi connectivity index (χ3n) is 3.23. The van der Waals surface area contributed by atoms with E-state index in [1.54, 1.807) is 29.2 Å². The molecule has 0 aliphatic heterocycles. The molecule has 5 heteroatoms. The number of hydrogen-bond acceptors (Lipinski definition) is 2. The van der Waals surface area contributed by atoms with Crippen LogP contribution in [-0.2, 0) is 4.79 Å². The normalized spacial score (nSPS) is 12.0. The summed E-state index contributed by atoms with van der Waals surface area (Å²) in [6.45, 7) is 2.22. The molecule has 0 saturated carbocycles. The number of carbonyl (C=O) groups is 1. The standard InChI is InChI=1S/C16H15F2NO2/c1-2-19(12-6-4-3-5-7-12)15(16(20)21)11-8-9-13(17)14(18)10-11/h3-10,15H,2H2,1H3,(H,20,21). The third-order valence-corrected chi connectivity index (χ3v) is 3.23. The largest absolute Gasteiger partial charge is 0.479 e. The van der Waals surface area contributed by atoms with Crippen molar-refractivity contribution in [1.82, 2.24) is 0 Å². The number of benzene rings is 2. The zero-order valence-corrected chi connectivity index (χ0v) is 11.5. The van der Waals surface area contributed by atoms with Crippen LogP contribution < -0.4 is 4.90 Å². The molecule has 2 aromatic carbocycles. The van der Waals surface area contributed by atoms with Gasteiger partial charge in [-0.2, -0.15) is 0 Å². The van der Waals surface area contributed by atoms with Gasteiger partial charge in [0, 0.05) is 12.2 Å². The van der Waals surface area contributed by atoms with Crippen LogP contribution in [0.15, 0.2) is 48.5 Å². The van der Waals surface area contributed by atoms with Crippen molar-refractivity contribution in [2.45, 2.75) is 13.0 Å². The van der Waals surface area contributed by atoms with Gasteiger partial charge in [0.05, 0.1) is 0 Å². The number of rotatable bonds is 5. The van der Waals surface area contributed by atoms with Crippen LogP contribution in [0.2, 0.25) is 0 Å². The maximum atomic E-state index is 13.4. The van der Waals surface area contributed by atoms with Crippen molar-refractivity contribution in [2.24, 2.45) is 0 Å². The lowest BCUT2D eigenvalue weighted by molar-refractivity contribution is -0.138. The smallest absolute Gasteiger partial charge is 0.331 e. The highest BCUT2D eigenvalue weighted by Crippen LogP contribution is 2.28. The fourth-order valence-corrected chi connectivity index (χ4v) is 2.27. The van der Waals surface area contributed by atoms with Crippen LogP contribution in [0.25, 0.3) is 0 Å². The molecule has 0 heterocycles. The van der Waals surface area contributed by atoms with Gasteiger partial charge in [-0.3, -0.25) is 0 Å². The predicted molar refractivity (Wildman–Crippen MR) is 76.2 cm³/mol. The Hall–Kier alpha value is -2.43. The highest BCUT2D eigenvalue weighted by molar-refractivity contribution is 5.80. The Morgan fingerprint density at radius 2 is 1.81 bits per heavy atom. The second kappa shape index (κ2) is 6.35.